The molecule has 0 radical (unpaired) electrons. The number of carbonyl (C=O) groups excluding carboxylic acids is 4. The van der Waals surface area contributed by atoms with Gasteiger partial charge in [0.15, 0.2) is 5.78 Å². The zero-order valence-corrected chi connectivity index (χ0v) is 15.4. The van der Waals surface area contributed by atoms with Crippen LogP contribution in [0.2, 0.25) is 0 Å². The maximum absolute atomic E-state index is 12.1. The summed E-state index contributed by atoms with van der Waals surface area (Å²) in [5, 5.41) is 2.54. The number of nitrogens with one attached hydrogen (secondary N) is 1. The minimum atomic E-state index is -0.793. The summed E-state index contributed by atoms with van der Waals surface area (Å²) in [6, 6.07) is -1.27. The van der Waals surface area contributed by atoms with Crippen molar-refractivity contribution in [3.8, 4) is 0 Å². The highest BCUT2D eigenvalue weighted by Crippen LogP contribution is 2.19. The van der Waals surface area contributed by atoms with E-state index in [0.717, 1.165) is 12.8 Å². The number of esters is 1. The molecule has 1 rings (SSSR count). The number of nitrogens with zero attached hydrogens (tertiary/aromatic N) is 1. The van der Waals surface area contributed by atoms with Gasteiger partial charge in [0.2, 0.25) is 12.7 Å². The van der Waals surface area contributed by atoms with Gasteiger partial charge in [0.1, 0.15) is 6.04 Å². The van der Waals surface area contributed by atoms with Crippen LogP contribution < -0.4 is 5.32 Å². The van der Waals surface area contributed by atoms with Crippen LogP contribution in [-0.2, 0) is 23.9 Å². The lowest BCUT2D eigenvalue weighted by atomic mass is 9.93. The highest BCUT2D eigenvalue weighted by atomic mass is 16.7. The largest absolute Gasteiger partial charge is 0.426 e. The molecule has 0 heterocycles. The number of Topliss-reactive ketones (excluding diaryl/α,β-unsaturated/α-hetero) is 1. The van der Waals surface area contributed by atoms with Crippen molar-refractivity contribution < 1.29 is 28.7 Å². The molecule has 2 amide bonds. The van der Waals surface area contributed by atoms with Crippen LogP contribution in [0.4, 0.5) is 4.79 Å². The summed E-state index contributed by atoms with van der Waals surface area (Å²) in [7, 11) is 1.50. The molecule has 0 spiro atoms. The first-order valence-corrected chi connectivity index (χ1v) is 8.63. The first-order chi connectivity index (χ1) is 11.8. The molecule has 8 nitrogen and oxygen atoms in total. The molecule has 1 fully saturated rings. The third-order valence-corrected chi connectivity index (χ3v) is 4.49. The van der Waals surface area contributed by atoms with E-state index in [9.17, 15) is 19.2 Å². The van der Waals surface area contributed by atoms with Crippen LogP contribution in [0.1, 0.15) is 52.9 Å². The molecule has 0 aromatic rings. The van der Waals surface area contributed by atoms with Gasteiger partial charge in [0.25, 0.3) is 0 Å². The lowest BCUT2D eigenvalue weighted by Crippen LogP contribution is -2.46. The van der Waals surface area contributed by atoms with E-state index in [1.807, 2.05) is 13.8 Å². The number of hydrogen-bond acceptors (Lipinski definition) is 6. The molecule has 25 heavy (non-hydrogen) atoms. The third kappa shape index (κ3) is 6.36. The standard InChI is InChI=1S/C17H28N2O6/c1-5-11(2)15(18-12(3)20)16(22)24-10-25-17(23)19(4)13-8-6-7-9-14(13)21/h11,13,15H,5-10H2,1-4H3,(H,18,20)/t11?,13-,15?/m1/s1. The fourth-order valence-corrected chi connectivity index (χ4v) is 2.72. The summed E-state index contributed by atoms with van der Waals surface area (Å²) < 4.78 is 9.88. The third-order valence-electron chi connectivity index (χ3n) is 4.49. The average Bonchev–Trinajstić information content (AvgIpc) is 2.58. The monoisotopic (exact) mass is 356 g/mol. The Labute approximate surface area is 148 Å². The van der Waals surface area contributed by atoms with E-state index in [0.29, 0.717) is 19.3 Å². The van der Waals surface area contributed by atoms with Gasteiger partial charge < -0.3 is 19.7 Å². The Balaban J connectivity index is 2.48. The summed E-state index contributed by atoms with van der Waals surface area (Å²) in [6.45, 7) is 4.47. The van der Waals surface area contributed by atoms with Crippen LogP contribution in [0.5, 0.6) is 0 Å². The molecule has 0 bridgehead atoms. The van der Waals surface area contributed by atoms with E-state index in [-0.39, 0.29) is 17.6 Å². The molecule has 1 aliphatic carbocycles. The second kappa shape index (κ2) is 10.0. The van der Waals surface area contributed by atoms with Crippen molar-refractivity contribution in [2.75, 3.05) is 13.8 Å². The summed E-state index contributed by atoms with van der Waals surface area (Å²) >= 11 is 0. The first-order valence-electron chi connectivity index (χ1n) is 8.63. The van der Waals surface area contributed by atoms with Crippen molar-refractivity contribution in [1.82, 2.24) is 10.2 Å². The molecule has 8 heteroatoms. The number of carbonyl (C=O) groups is 4. The lowest BCUT2D eigenvalue weighted by Gasteiger charge is -2.29. The lowest BCUT2D eigenvalue weighted by molar-refractivity contribution is -0.158. The van der Waals surface area contributed by atoms with Crippen molar-refractivity contribution in [3.05, 3.63) is 0 Å². The van der Waals surface area contributed by atoms with Gasteiger partial charge in [0.05, 0.1) is 6.04 Å². The zero-order valence-electron chi connectivity index (χ0n) is 15.4. The maximum atomic E-state index is 12.1. The Morgan fingerprint density at radius 1 is 1.28 bits per heavy atom. The van der Waals surface area contributed by atoms with Crippen molar-refractivity contribution in [2.24, 2.45) is 5.92 Å². The van der Waals surface area contributed by atoms with Crippen LogP contribution in [0.3, 0.4) is 0 Å². The average molecular weight is 356 g/mol. The Bertz CT molecular complexity index is 507. The quantitative estimate of drug-likeness (QED) is 0.549. The Kier molecular flexibility index (Phi) is 8.37. The second-order valence-corrected chi connectivity index (χ2v) is 6.39. The van der Waals surface area contributed by atoms with Crippen LogP contribution in [0.15, 0.2) is 0 Å². The smallest absolute Gasteiger partial charge is 0.413 e. The van der Waals surface area contributed by atoms with E-state index in [2.05, 4.69) is 5.32 Å². The molecule has 3 atom stereocenters. The highest BCUT2D eigenvalue weighted by molar-refractivity contribution is 5.88. The minimum absolute atomic E-state index is 0.0187. The van der Waals surface area contributed by atoms with Crippen molar-refractivity contribution in [2.45, 2.75) is 65.0 Å². The van der Waals surface area contributed by atoms with E-state index in [4.69, 9.17) is 9.47 Å². The maximum Gasteiger partial charge on any atom is 0.413 e. The van der Waals surface area contributed by atoms with Gasteiger partial charge in [-0.3, -0.25) is 9.59 Å². The van der Waals surface area contributed by atoms with E-state index < -0.39 is 30.9 Å². The highest BCUT2D eigenvalue weighted by Gasteiger charge is 2.30. The number of hydrogen-bond donors (Lipinski definition) is 1. The molecule has 142 valence electrons. The number of ether oxygens (including phenoxy) is 2. The molecule has 2 unspecified atom stereocenters. The number of amides is 2. The Morgan fingerprint density at radius 3 is 2.52 bits per heavy atom. The summed E-state index contributed by atoms with van der Waals surface area (Å²) in [5.41, 5.74) is 0. The number of rotatable bonds is 7. The predicted molar refractivity (Wildman–Crippen MR) is 89.5 cm³/mol. The number of ketones is 1. The Hall–Kier alpha value is -2.12. The van der Waals surface area contributed by atoms with E-state index in [1.54, 1.807) is 0 Å². The van der Waals surface area contributed by atoms with Gasteiger partial charge in [0, 0.05) is 20.4 Å². The van der Waals surface area contributed by atoms with Crippen molar-refractivity contribution in [3.63, 3.8) is 0 Å². The topological polar surface area (TPSA) is 102 Å². The van der Waals surface area contributed by atoms with Crippen LogP contribution in [-0.4, -0.2) is 54.6 Å². The van der Waals surface area contributed by atoms with E-state index in [1.165, 1.54) is 18.9 Å². The summed E-state index contributed by atoms with van der Waals surface area (Å²) in [6.07, 6.45) is 2.76. The van der Waals surface area contributed by atoms with Gasteiger partial charge in [-0.2, -0.15) is 0 Å². The van der Waals surface area contributed by atoms with Gasteiger partial charge in [-0.15, -0.1) is 0 Å². The minimum Gasteiger partial charge on any atom is -0.426 e. The molecule has 0 aromatic carbocycles. The summed E-state index contributed by atoms with van der Waals surface area (Å²) in [5.74, 6) is -1.09. The first kappa shape index (κ1) is 20.9. The Morgan fingerprint density at radius 2 is 1.96 bits per heavy atom. The molecule has 0 saturated heterocycles. The van der Waals surface area contributed by atoms with Gasteiger partial charge in [-0.1, -0.05) is 26.7 Å². The van der Waals surface area contributed by atoms with Gasteiger partial charge >= 0.3 is 12.1 Å². The summed E-state index contributed by atoms with van der Waals surface area (Å²) in [4.78, 5) is 48.4. The fraction of sp³-hybridized carbons (Fsp3) is 0.765. The second-order valence-electron chi connectivity index (χ2n) is 6.39. The van der Waals surface area contributed by atoms with Gasteiger partial charge in [-0.25, -0.2) is 9.59 Å². The molecule has 1 saturated carbocycles. The van der Waals surface area contributed by atoms with Crippen LogP contribution >= 0.6 is 0 Å². The van der Waals surface area contributed by atoms with Crippen LogP contribution in [0.25, 0.3) is 0 Å². The molecule has 0 aromatic heterocycles. The molecular weight excluding hydrogens is 328 g/mol. The molecule has 1 N–H and O–H groups in total. The fourth-order valence-electron chi connectivity index (χ4n) is 2.72. The van der Waals surface area contributed by atoms with Crippen molar-refractivity contribution in [1.29, 1.82) is 0 Å². The van der Waals surface area contributed by atoms with Gasteiger partial charge in [-0.05, 0) is 18.8 Å². The zero-order chi connectivity index (χ0) is 19.0. The van der Waals surface area contributed by atoms with E-state index >= 15 is 0 Å². The molecular formula is C17H28N2O6. The SMILES string of the molecule is CCC(C)C(NC(C)=O)C(=O)OCOC(=O)N(C)[C@@H]1CCCCC1=O. The normalized spacial score (nSPS) is 19.5. The number of likely N-dealkylation sites (N-methyl/N-ethyl adjacent to an activating group) is 1. The molecule has 1 aliphatic rings. The van der Waals surface area contributed by atoms with Crippen molar-refractivity contribution >= 4 is 23.8 Å². The predicted octanol–water partition coefficient (Wildman–Crippen LogP) is 1.62. The van der Waals surface area contributed by atoms with Crippen LogP contribution in [0, 0.1) is 5.92 Å². The molecule has 0 aliphatic heterocycles.